The molecule has 0 aromatic heterocycles. The van der Waals surface area contributed by atoms with Gasteiger partial charge >= 0.3 is 5.97 Å². The third-order valence-corrected chi connectivity index (χ3v) is 3.30. The molecule has 3 N–H and O–H groups in total. The second kappa shape index (κ2) is 9.44. The Labute approximate surface area is 139 Å². The van der Waals surface area contributed by atoms with Crippen LogP contribution in [-0.2, 0) is 20.8 Å². The molecule has 0 aliphatic carbocycles. The van der Waals surface area contributed by atoms with Gasteiger partial charge in [0.2, 0.25) is 11.8 Å². The van der Waals surface area contributed by atoms with Gasteiger partial charge < -0.3 is 15.7 Å². The summed E-state index contributed by atoms with van der Waals surface area (Å²) in [6, 6.07) is 3.57. The van der Waals surface area contributed by atoms with Crippen molar-refractivity contribution in [1.82, 2.24) is 10.6 Å². The highest BCUT2D eigenvalue weighted by Crippen LogP contribution is 2.08. The smallest absolute Gasteiger partial charge is 0.326 e. The fraction of sp³-hybridized carbons (Fsp3) is 0.353. The molecule has 2 atom stereocenters. The van der Waals surface area contributed by atoms with Crippen LogP contribution >= 0.6 is 0 Å². The molecule has 0 saturated carbocycles. The Bertz CT molecular complexity index is 618. The van der Waals surface area contributed by atoms with Crippen molar-refractivity contribution in [1.29, 1.82) is 0 Å². The van der Waals surface area contributed by atoms with Crippen LogP contribution in [0.1, 0.15) is 25.3 Å². The van der Waals surface area contributed by atoms with E-state index in [0.29, 0.717) is 12.0 Å². The summed E-state index contributed by atoms with van der Waals surface area (Å²) in [4.78, 5) is 34.9. The van der Waals surface area contributed by atoms with Crippen molar-refractivity contribution < 1.29 is 23.9 Å². The quantitative estimate of drug-likeness (QED) is 0.594. The molecule has 0 unspecified atom stereocenters. The fourth-order valence-electron chi connectivity index (χ4n) is 2.17. The number of carbonyl (C=O) groups is 3. The minimum absolute atomic E-state index is 0.0526. The van der Waals surface area contributed by atoms with E-state index in [1.165, 1.54) is 25.1 Å². The van der Waals surface area contributed by atoms with Gasteiger partial charge in [-0.05, 0) is 30.5 Å². The first-order valence-corrected chi connectivity index (χ1v) is 7.49. The van der Waals surface area contributed by atoms with E-state index in [4.69, 9.17) is 5.11 Å². The number of benzene rings is 1. The van der Waals surface area contributed by atoms with Crippen LogP contribution in [0.3, 0.4) is 0 Å². The van der Waals surface area contributed by atoms with Crippen molar-refractivity contribution in [2.45, 2.75) is 38.3 Å². The molecule has 0 aliphatic rings. The second-order valence-corrected chi connectivity index (χ2v) is 5.35. The van der Waals surface area contributed by atoms with Gasteiger partial charge in [0, 0.05) is 13.3 Å². The van der Waals surface area contributed by atoms with E-state index >= 15 is 0 Å². The van der Waals surface area contributed by atoms with Gasteiger partial charge in [-0.15, -0.1) is 6.58 Å². The highest BCUT2D eigenvalue weighted by molar-refractivity contribution is 5.90. The number of hydrogen-bond donors (Lipinski definition) is 3. The van der Waals surface area contributed by atoms with Gasteiger partial charge in [0.05, 0.1) is 0 Å². The highest BCUT2D eigenvalue weighted by atomic mass is 19.1. The Balaban J connectivity index is 2.85. The highest BCUT2D eigenvalue weighted by Gasteiger charge is 2.25. The molecule has 0 heterocycles. The molecule has 0 radical (unpaired) electrons. The molecule has 0 bridgehead atoms. The number of nitrogens with one attached hydrogen (secondary N) is 2. The summed E-state index contributed by atoms with van der Waals surface area (Å²) in [6.07, 6.45) is 2.22. The van der Waals surface area contributed by atoms with Gasteiger partial charge in [-0.25, -0.2) is 9.18 Å². The van der Waals surface area contributed by atoms with Gasteiger partial charge in [-0.1, -0.05) is 18.2 Å². The van der Waals surface area contributed by atoms with Gasteiger partial charge in [0.15, 0.2) is 0 Å². The zero-order valence-corrected chi connectivity index (χ0v) is 13.4. The van der Waals surface area contributed by atoms with E-state index in [-0.39, 0.29) is 12.8 Å². The van der Waals surface area contributed by atoms with E-state index in [0.717, 1.165) is 0 Å². The number of halogens is 1. The number of carboxylic acid groups (broad SMARTS) is 1. The fourth-order valence-corrected chi connectivity index (χ4v) is 2.17. The molecule has 130 valence electrons. The van der Waals surface area contributed by atoms with Crippen molar-refractivity contribution in [3.63, 3.8) is 0 Å². The van der Waals surface area contributed by atoms with Crippen LogP contribution in [0.25, 0.3) is 0 Å². The van der Waals surface area contributed by atoms with E-state index in [1.54, 1.807) is 12.1 Å². The van der Waals surface area contributed by atoms with E-state index in [9.17, 15) is 18.8 Å². The number of aliphatic carboxylic acids is 1. The van der Waals surface area contributed by atoms with Crippen LogP contribution in [0.5, 0.6) is 0 Å². The molecular weight excluding hydrogens is 315 g/mol. The summed E-state index contributed by atoms with van der Waals surface area (Å²) < 4.78 is 13.3. The van der Waals surface area contributed by atoms with Crippen LogP contribution in [-0.4, -0.2) is 35.0 Å². The third-order valence-electron chi connectivity index (χ3n) is 3.30. The Morgan fingerprint density at radius 3 is 2.54 bits per heavy atom. The number of rotatable bonds is 9. The van der Waals surface area contributed by atoms with E-state index in [1.807, 2.05) is 0 Å². The first-order chi connectivity index (χ1) is 11.3. The first kappa shape index (κ1) is 19.3. The average Bonchev–Trinajstić information content (AvgIpc) is 2.49. The summed E-state index contributed by atoms with van der Waals surface area (Å²) in [5, 5.41) is 14.0. The third kappa shape index (κ3) is 6.60. The molecule has 1 rings (SSSR count). The van der Waals surface area contributed by atoms with Crippen LogP contribution < -0.4 is 10.6 Å². The minimum Gasteiger partial charge on any atom is -0.480 e. The lowest BCUT2D eigenvalue weighted by atomic mass is 10.0. The largest absolute Gasteiger partial charge is 0.480 e. The molecule has 1 aromatic carbocycles. The topological polar surface area (TPSA) is 95.5 Å². The van der Waals surface area contributed by atoms with Gasteiger partial charge in [-0.2, -0.15) is 0 Å². The SMILES string of the molecule is C=CCC[C@@H](NC(=O)[C@@H](Cc1cccc(F)c1)NC(C)=O)C(=O)O. The molecule has 24 heavy (non-hydrogen) atoms. The standard InChI is InChI=1S/C17H21FN2O4/c1-3-4-8-14(17(23)24)20-16(22)15(19-11(2)21)10-12-6-5-7-13(18)9-12/h3,5-7,9,14-15H,1,4,8,10H2,2H3,(H,19,21)(H,20,22)(H,23,24)/t14-,15-/m1/s1. The van der Waals surface area contributed by atoms with Crippen LogP contribution in [0.15, 0.2) is 36.9 Å². The van der Waals surface area contributed by atoms with Crippen molar-refractivity contribution in [3.05, 3.63) is 48.3 Å². The van der Waals surface area contributed by atoms with Crippen LogP contribution in [0.4, 0.5) is 4.39 Å². The molecule has 1 aromatic rings. The van der Waals surface area contributed by atoms with Crippen molar-refractivity contribution in [2.24, 2.45) is 0 Å². The lowest BCUT2D eigenvalue weighted by Gasteiger charge is -2.21. The zero-order valence-electron chi connectivity index (χ0n) is 13.4. The lowest BCUT2D eigenvalue weighted by molar-refractivity contribution is -0.142. The Hall–Kier alpha value is -2.70. The maximum atomic E-state index is 13.3. The molecule has 0 aliphatic heterocycles. The monoisotopic (exact) mass is 336 g/mol. The van der Waals surface area contributed by atoms with Gasteiger partial charge in [0.1, 0.15) is 17.9 Å². The number of carbonyl (C=O) groups excluding carboxylic acids is 2. The summed E-state index contributed by atoms with van der Waals surface area (Å²) in [5.41, 5.74) is 0.516. The zero-order chi connectivity index (χ0) is 18.1. The normalized spacial score (nSPS) is 12.8. The second-order valence-electron chi connectivity index (χ2n) is 5.35. The number of hydrogen-bond acceptors (Lipinski definition) is 3. The Morgan fingerprint density at radius 1 is 1.29 bits per heavy atom. The number of carboxylic acids is 1. The summed E-state index contributed by atoms with van der Waals surface area (Å²) in [5.74, 6) is -2.70. The average molecular weight is 336 g/mol. The predicted octanol–water partition coefficient (Wildman–Crippen LogP) is 1.41. The van der Waals surface area contributed by atoms with Gasteiger partial charge in [0.25, 0.3) is 0 Å². The van der Waals surface area contributed by atoms with Crippen molar-refractivity contribution >= 4 is 17.8 Å². The minimum atomic E-state index is -1.17. The lowest BCUT2D eigenvalue weighted by Crippen LogP contribution is -2.52. The summed E-state index contributed by atoms with van der Waals surface area (Å²) in [7, 11) is 0. The summed E-state index contributed by atoms with van der Waals surface area (Å²) in [6.45, 7) is 4.76. The van der Waals surface area contributed by atoms with Crippen molar-refractivity contribution in [3.8, 4) is 0 Å². The molecule has 0 fully saturated rings. The number of allylic oxidation sites excluding steroid dienone is 1. The summed E-state index contributed by atoms with van der Waals surface area (Å²) >= 11 is 0. The predicted molar refractivity (Wildman–Crippen MR) is 86.7 cm³/mol. The number of amides is 2. The Kier molecular flexibility index (Phi) is 7.61. The first-order valence-electron chi connectivity index (χ1n) is 7.49. The van der Waals surface area contributed by atoms with Crippen LogP contribution in [0.2, 0.25) is 0 Å². The molecule has 0 saturated heterocycles. The molecule has 0 spiro atoms. The maximum absolute atomic E-state index is 13.3. The van der Waals surface area contributed by atoms with E-state index < -0.39 is 35.7 Å². The molecule has 2 amide bonds. The van der Waals surface area contributed by atoms with Crippen LogP contribution in [0, 0.1) is 5.82 Å². The van der Waals surface area contributed by atoms with E-state index in [2.05, 4.69) is 17.2 Å². The maximum Gasteiger partial charge on any atom is 0.326 e. The molecular formula is C17H21FN2O4. The van der Waals surface area contributed by atoms with Gasteiger partial charge in [-0.3, -0.25) is 9.59 Å². The Morgan fingerprint density at radius 2 is 2.00 bits per heavy atom. The molecule has 6 nitrogen and oxygen atoms in total. The molecule has 7 heteroatoms. The van der Waals surface area contributed by atoms with Crippen molar-refractivity contribution in [2.75, 3.05) is 0 Å².